The summed E-state index contributed by atoms with van der Waals surface area (Å²) in [6.07, 6.45) is 15.0. The molecule has 165 valence electrons. The third-order valence-corrected chi connectivity index (χ3v) is 9.19. The van der Waals surface area contributed by atoms with Gasteiger partial charge in [0.25, 0.3) is 0 Å². The molecule has 0 fully saturated rings. The van der Waals surface area contributed by atoms with Crippen LogP contribution < -0.4 is 10.4 Å². The van der Waals surface area contributed by atoms with Crippen molar-refractivity contribution < 1.29 is 0 Å². The molecule has 0 aliphatic rings. The van der Waals surface area contributed by atoms with Gasteiger partial charge in [0.05, 0.1) is 0 Å². The third kappa shape index (κ3) is 6.99. The minimum Gasteiger partial charge on any atom is -0.156 e. The number of halogens is 1. The Morgan fingerprint density at radius 2 is 1.13 bits per heavy atom. The first kappa shape index (κ1) is 25.2. The van der Waals surface area contributed by atoms with Crippen molar-refractivity contribution in [3.8, 4) is 0 Å². The van der Waals surface area contributed by atoms with E-state index in [4.69, 9.17) is 11.1 Å². The second-order valence-corrected chi connectivity index (χ2v) is 11.5. The minimum absolute atomic E-state index is 1.19. The van der Waals surface area contributed by atoms with Crippen molar-refractivity contribution >= 4 is 29.6 Å². The normalized spacial score (nSPS) is 11.4. The first-order valence-electron chi connectivity index (χ1n) is 12.4. The van der Waals surface area contributed by atoms with Crippen molar-refractivity contribution in [2.75, 3.05) is 0 Å². The van der Waals surface area contributed by atoms with Gasteiger partial charge in [-0.05, 0) is 84.0 Å². The van der Waals surface area contributed by atoms with E-state index >= 15 is 0 Å². The molecule has 0 nitrogen and oxygen atoms in total. The molecule has 0 bridgehead atoms. The second kappa shape index (κ2) is 14.1. The lowest BCUT2D eigenvalue weighted by Crippen LogP contribution is -2.40. The topological polar surface area (TPSA) is 0 Å². The fraction of sp³-hybridized carbons (Fsp3) is 0.571. The highest BCUT2D eigenvalue weighted by Gasteiger charge is 2.24. The minimum atomic E-state index is -1.26. The highest BCUT2D eigenvalue weighted by atomic mass is 35.6. The van der Waals surface area contributed by atoms with E-state index in [9.17, 15) is 0 Å². The van der Waals surface area contributed by atoms with Crippen LogP contribution in [-0.2, 0) is 25.7 Å². The molecular weight excluding hydrogens is 400 g/mol. The van der Waals surface area contributed by atoms with Crippen LogP contribution >= 0.6 is 11.1 Å². The molecule has 0 spiro atoms. The lowest BCUT2D eigenvalue weighted by molar-refractivity contribution is 0.721. The zero-order chi connectivity index (χ0) is 21.8. The van der Waals surface area contributed by atoms with Crippen LogP contribution in [0.15, 0.2) is 36.4 Å². The van der Waals surface area contributed by atoms with E-state index in [0.29, 0.717) is 0 Å². The van der Waals surface area contributed by atoms with E-state index < -0.39 is 8.11 Å². The number of hydrogen-bond donors (Lipinski definition) is 0. The summed E-state index contributed by atoms with van der Waals surface area (Å²) in [7, 11) is -1.26. The zero-order valence-electron chi connectivity index (χ0n) is 19.8. The van der Waals surface area contributed by atoms with Gasteiger partial charge in [0.2, 0.25) is 8.11 Å². The van der Waals surface area contributed by atoms with Gasteiger partial charge in [-0.3, -0.25) is 0 Å². The Morgan fingerprint density at radius 1 is 0.633 bits per heavy atom. The molecule has 2 aromatic rings. The van der Waals surface area contributed by atoms with E-state index in [1.165, 1.54) is 87.4 Å². The maximum atomic E-state index is 7.29. The first-order chi connectivity index (χ1) is 14.7. The second-order valence-electron chi connectivity index (χ2n) is 8.61. The molecule has 0 saturated heterocycles. The molecular formula is C28H42ClSi. The van der Waals surface area contributed by atoms with Gasteiger partial charge in [-0.2, -0.15) is 11.1 Å². The number of benzene rings is 2. The monoisotopic (exact) mass is 441 g/mol. The van der Waals surface area contributed by atoms with E-state index in [0.717, 1.165) is 0 Å². The molecule has 0 atom stereocenters. The molecule has 0 heterocycles. The van der Waals surface area contributed by atoms with Gasteiger partial charge in [0, 0.05) is 0 Å². The van der Waals surface area contributed by atoms with Gasteiger partial charge >= 0.3 is 0 Å². The Labute approximate surface area is 192 Å². The maximum Gasteiger partial charge on any atom is 0.234 e. The summed E-state index contributed by atoms with van der Waals surface area (Å²) in [6, 6.07) is 13.4. The van der Waals surface area contributed by atoms with Gasteiger partial charge in [0.1, 0.15) is 0 Å². The standard InChI is InChI=1S/C28H42ClSi/c1-5-9-16-23-22-28(30(29)24-17-14-13-15-18-24)27(21-12-8-4)26(20-11-7-3)25(23)19-10-6-2/h13-15,17-18,22H,5-12,16,19-21H2,1-4H3. The fourth-order valence-electron chi connectivity index (χ4n) is 4.37. The van der Waals surface area contributed by atoms with Crippen molar-refractivity contribution in [2.45, 2.75) is 105 Å². The third-order valence-electron chi connectivity index (χ3n) is 6.16. The molecule has 2 rings (SSSR count). The smallest absolute Gasteiger partial charge is 0.156 e. The van der Waals surface area contributed by atoms with Crippen molar-refractivity contribution in [1.29, 1.82) is 0 Å². The van der Waals surface area contributed by atoms with Gasteiger partial charge in [-0.25, -0.2) is 0 Å². The molecule has 0 N–H and O–H groups in total. The van der Waals surface area contributed by atoms with Crippen LogP contribution in [0.1, 0.15) is 101 Å². The molecule has 2 aromatic carbocycles. The Kier molecular flexibility index (Phi) is 11.8. The average molecular weight is 442 g/mol. The van der Waals surface area contributed by atoms with Crippen LogP contribution in [-0.4, -0.2) is 8.11 Å². The van der Waals surface area contributed by atoms with Crippen LogP contribution in [0.25, 0.3) is 0 Å². The molecule has 30 heavy (non-hydrogen) atoms. The molecule has 0 aromatic heterocycles. The predicted molar refractivity (Wildman–Crippen MR) is 138 cm³/mol. The highest BCUT2D eigenvalue weighted by molar-refractivity contribution is 7.21. The molecule has 0 saturated carbocycles. The van der Waals surface area contributed by atoms with Crippen LogP contribution in [0.5, 0.6) is 0 Å². The summed E-state index contributed by atoms with van der Waals surface area (Å²) in [4.78, 5) is 0. The maximum absolute atomic E-state index is 7.29. The molecule has 0 unspecified atom stereocenters. The van der Waals surface area contributed by atoms with Crippen LogP contribution in [0.3, 0.4) is 0 Å². The van der Waals surface area contributed by atoms with Gasteiger partial charge in [-0.15, -0.1) is 0 Å². The van der Waals surface area contributed by atoms with Gasteiger partial charge in [-0.1, -0.05) is 89.8 Å². The van der Waals surface area contributed by atoms with Crippen molar-refractivity contribution in [3.63, 3.8) is 0 Å². The summed E-state index contributed by atoms with van der Waals surface area (Å²) >= 11 is 7.29. The fourth-order valence-corrected chi connectivity index (χ4v) is 6.89. The van der Waals surface area contributed by atoms with E-state index in [1.54, 1.807) is 22.3 Å². The Morgan fingerprint density at radius 3 is 1.70 bits per heavy atom. The first-order valence-corrected chi connectivity index (χ1v) is 14.9. The Bertz CT molecular complexity index is 738. The number of hydrogen-bond acceptors (Lipinski definition) is 0. The molecule has 0 aliphatic carbocycles. The summed E-state index contributed by atoms with van der Waals surface area (Å²) < 4.78 is 0. The molecule has 2 heteroatoms. The summed E-state index contributed by atoms with van der Waals surface area (Å²) in [5.41, 5.74) is 6.59. The van der Waals surface area contributed by atoms with Crippen LogP contribution in [0.4, 0.5) is 0 Å². The summed E-state index contributed by atoms with van der Waals surface area (Å²) in [5.74, 6) is 0. The largest absolute Gasteiger partial charge is 0.234 e. The molecule has 0 aliphatic heterocycles. The zero-order valence-corrected chi connectivity index (χ0v) is 21.6. The van der Waals surface area contributed by atoms with E-state index in [1.807, 2.05) is 0 Å². The van der Waals surface area contributed by atoms with Gasteiger partial charge < -0.3 is 0 Å². The number of rotatable bonds is 14. The molecule has 0 amide bonds. The van der Waals surface area contributed by atoms with E-state index in [-0.39, 0.29) is 0 Å². The van der Waals surface area contributed by atoms with E-state index in [2.05, 4.69) is 64.1 Å². The van der Waals surface area contributed by atoms with Crippen LogP contribution in [0.2, 0.25) is 0 Å². The van der Waals surface area contributed by atoms with Crippen molar-refractivity contribution in [1.82, 2.24) is 0 Å². The van der Waals surface area contributed by atoms with Crippen LogP contribution in [0, 0.1) is 0 Å². The Hall–Kier alpha value is -1.05. The predicted octanol–water partition coefficient (Wildman–Crippen LogP) is 7.40. The summed E-state index contributed by atoms with van der Waals surface area (Å²) in [6.45, 7) is 9.25. The SMILES string of the molecule is CCCCc1cc([Si](Cl)c2ccccc2)c(CCCC)c(CCCC)c1CCCC. The number of unbranched alkanes of at least 4 members (excludes halogenated alkanes) is 4. The summed E-state index contributed by atoms with van der Waals surface area (Å²) in [5, 5.41) is 2.81. The Balaban J connectivity index is 2.66. The van der Waals surface area contributed by atoms with Gasteiger partial charge in [0.15, 0.2) is 0 Å². The highest BCUT2D eigenvalue weighted by Crippen LogP contribution is 2.26. The number of aryl methyl sites for hydroxylation is 1. The lowest BCUT2D eigenvalue weighted by atomic mass is 9.86. The average Bonchev–Trinajstić information content (AvgIpc) is 2.79. The van der Waals surface area contributed by atoms with Crippen molar-refractivity contribution in [3.05, 3.63) is 58.7 Å². The van der Waals surface area contributed by atoms with Crippen molar-refractivity contribution in [2.24, 2.45) is 0 Å². The quantitative estimate of drug-likeness (QED) is 0.211. The lowest BCUT2D eigenvalue weighted by Gasteiger charge is -2.25. The molecule has 1 radical (unpaired) electrons.